The van der Waals surface area contributed by atoms with E-state index in [9.17, 15) is 4.79 Å². The highest BCUT2D eigenvalue weighted by Gasteiger charge is 2.10. The van der Waals surface area contributed by atoms with Gasteiger partial charge in [0.15, 0.2) is 0 Å². The van der Waals surface area contributed by atoms with Crippen LogP contribution in [-0.4, -0.2) is 16.1 Å². The van der Waals surface area contributed by atoms with Crippen molar-refractivity contribution in [2.75, 3.05) is 0 Å². The molecule has 1 aromatic heterocycles. The number of benzene rings is 2. The van der Waals surface area contributed by atoms with Gasteiger partial charge in [-0.1, -0.05) is 12.1 Å². The summed E-state index contributed by atoms with van der Waals surface area (Å²) in [6, 6.07) is 14.2. The minimum Gasteiger partial charge on any atom is -0.478 e. The second kappa shape index (κ2) is 5.69. The quantitative estimate of drug-likeness (QED) is 0.676. The van der Waals surface area contributed by atoms with E-state index < -0.39 is 5.97 Å². The molecule has 0 aliphatic carbocycles. The highest BCUT2D eigenvalue weighted by molar-refractivity contribution is 14.1. The van der Waals surface area contributed by atoms with Crippen LogP contribution in [0.15, 0.2) is 54.7 Å². The van der Waals surface area contributed by atoms with Gasteiger partial charge in [0.05, 0.1) is 14.7 Å². The van der Waals surface area contributed by atoms with E-state index in [1.165, 1.54) is 6.07 Å². The van der Waals surface area contributed by atoms with Gasteiger partial charge in [0.1, 0.15) is 11.5 Å². The molecule has 0 amide bonds. The van der Waals surface area contributed by atoms with Crippen molar-refractivity contribution in [1.82, 2.24) is 4.98 Å². The molecular formula is C16H10INO3. The Hall–Kier alpha value is -2.15. The minimum absolute atomic E-state index is 0.198. The van der Waals surface area contributed by atoms with Crippen LogP contribution >= 0.6 is 22.6 Å². The first-order valence-electron chi connectivity index (χ1n) is 6.19. The molecule has 0 atom stereocenters. The summed E-state index contributed by atoms with van der Waals surface area (Å²) in [5.74, 6) is 0.198. The molecule has 0 radical (unpaired) electrons. The number of aromatic nitrogens is 1. The lowest BCUT2D eigenvalue weighted by atomic mass is 10.2. The Balaban J connectivity index is 2.06. The Morgan fingerprint density at radius 2 is 1.90 bits per heavy atom. The van der Waals surface area contributed by atoms with Crippen molar-refractivity contribution in [3.63, 3.8) is 0 Å². The highest BCUT2D eigenvalue weighted by Crippen LogP contribution is 2.32. The summed E-state index contributed by atoms with van der Waals surface area (Å²) in [6.45, 7) is 0. The van der Waals surface area contributed by atoms with Crippen molar-refractivity contribution in [1.29, 1.82) is 0 Å². The predicted octanol–water partition coefficient (Wildman–Crippen LogP) is 4.33. The summed E-state index contributed by atoms with van der Waals surface area (Å²) >= 11 is 2.12. The Morgan fingerprint density at radius 3 is 2.71 bits per heavy atom. The van der Waals surface area contributed by atoms with E-state index >= 15 is 0 Å². The van der Waals surface area contributed by atoms with Gasteiger partial charge in [0, 0.05) is 11.6 Å². The van der Waals surface area contributed by atoms with Gasteiger partial charge in [-0.15, -0.1) is 0 Å². The fraction of sp³-hybridized carbons (Fsp3) is 0. The monoisotopic (exact) mass is 391 g/mol. The molecule has 0 spiro atoms. The average Bonchev–Trinajstić information content (AvgIpc) is 2.49. The number of hydrogen-bond donors (Lipinski definition) is 1. The van der Waals surface area contributed by atoms with Gasteiger partial charge in [-0.05, 0) is 59.0 Å². The molecule has 5 heteroatoms. The van der Waals surface area contributed by atoms with Gasteiger partial charge in [0.25, 0.3) is 0 Å². The number of para-hydroxylation sites is 1. The third-order valence-electron chi connectivity index (χ3n) is 3.01. The van der Waals surface area contributed by atoms with Crippen LogP contribution in [0.3, 0.4) is 0 Å². The van der Waals surface area contributed by atoms with Crippen LogP contribution in [0, 0.1) is 3.57 Å². The number of aromatic carboxylic acids is 1. The molecular weight excluding hydrogens is 381 g/mol. The van der Waals surface area contributed by atoms with E-state index in [1.54, 1.807) is 24.4 Å². The lowest BCUT2D eigenvalue weighted by molar-refractivity contribution is 0.0696. The number of hydrogen-bond acceptors (Lipinski definition) is 3. The molecule has 4 nitrogen and oxygen atoms in total. The number of nitrogens with zero attached hydrogens (tertiary/aromatic N) is 1. The smallest absolute Gasteiger partial charge is 0.335 e. The van der Waals surface area contributed by atoms with Gasteiger partial charge >= 0.3 is 5.97 Å². The van der Waals surface area contributed by atoms with E-state index in [-0.39, 0.29) is 5.56 Å². The van der Waals surface area contributed by atoms with Gasteiger partial charge in [-0.25, -0.2) is 4.79 Å². The molecule has 0 fully saturated rings. The van der Waals surface area contributed by atoms with Crippen molar-refractivity contribution in [3.8, 4) is 11.5 Å². The lowest BCUT2D eigenvalue weighted by Crippen LogP contribution is -1.98. The zero-order valence-electron chi connectivity index (χ0n) is 10.8. The molecule has 104 valence electrons. The third-order valence-corrected chi connectivity index (χ3v) is 3.90. The molecule has 0 saturated carbocycles. The molecule has 0 aliphatic rings. The maximum Gasteiger partial charge on any atom is 0.335 e. The van der Waals surface area contributed by atoms with Crippen molar-refractivity contribution in [2.24, 2.45) is 0 Å². The first-order valence-corrected chi connectivity index (χ1v) is 7.27. The molecule has 1 N–H and O–H groups in total. The number of halogens is 1. The number of carboxylic acids is 1. The first-order chi connectivity index (χ1) is 10.1. The van der Waals surface area contributed by atoms with Crippen molar-refractivity contribution < 1.29 is 14.6 Å². The van der Waals surface area contributed by atoms with Crippen molar-refractivity contribution in [2.45, 2.75) is 0 Å². The second-order valence-electron chi connectivity index (χ2n) is 4.38. The van der Waals surface area contributed by atoms with E-state index in [0.717, 1.165) is 14.5 Å². The van der Waals surface area contributed by atoms with Crippen LogP contribution in [0.25, 0.3) is 10.9 Å². The maximum atomic E-state index is 11.1. The third kappa shape index (κ3) is 2.82. The number of fused-ring (bicyclic) bond motifs is 1. The SMILES string of the molecule is O=C(O)c1ccc(I)c(Oc2ccnc3ccccc23)c1. The van der Waals surface area contributed by atoms with Gasteiger partial charge < -0.3 is 9.84 Å². The zero-order chi connectivity index (χ0) is 14.8. The molecule has 0 saturated heterocycles. The standard InChI is InChI=1S/C16H10INO3/c17-12-6-5-10(16(19)20)9-15(12)21-14-7-8-18-13-4-2-1-3-11(13)14/h1-9H,(H,19,20). The Kier molecular flexibility index (Phi) is 3.74. The molecule has 2 aromatic carbocycles. The first kappa shape index (κ1) is 13.8. The number of pyridine rings is 1. The van der Waals surface area contributed by atoms with E-state index in [1.807, 2.05) is 24.3 Å². The van der Waals surface area contributed by atoms with Crippen LogP contribution in [0.4, 0.5) is 0 Å². The van der Waals surface area contributed by atoms with Crippen molar-refractivity contribution >= 4 is 39.5 Å². The molecule has 0 bridgehead atoms. The summed E-state index contributed by atoms with van der Waals surface area (Å²) < 4.78 is 6.75. The zero-order valence-corrected chi connectivity index (χ0v) is 12.9. The number of rotatable bonds is 3. The van der Waals surface area contributed by atoms with Crippen molar-refractivity contribution in [3.05, 3.63) is 63.9 Å². The van der Waals surface area contributed by atoms with Crippen LogP contribution in [0.2, 0.25) is 0 Å². The van der Waals surface area contributed by atoms with E-state index in [2.05, 4.69) is 27.6 Å². The van der Waals surface area contributed by atoms with Gasteiger partial charge in [0.2, 0.25) is 0 Å². The number of carbonyl (C=O) groups is 1. The van der Waals surface area contributed by atoms with E-state index in [4.69, 9.17) is 9.84 Å². The largest absolute Gasteiger partial charge is 0.478 e. The average molecular weight is 391 g/mol. The van der Waals surface area contributed by atoms with Gasteiger partial charge in [-0.3, -0.25) is 4.98 Å². The fourth-order valence-corrected chi connectivity index (χ4v) is 2.44. The molecule has 3 aromatic rings. The van der Waals surface area contributed by atoms with Crippen LogP contribution in [0.1, 0.15) is 10.4 Å². The Bertz CT molecular complexity index is 827. The topological polar surface area (TPSA) is 59.4 Å². The Labute approximate surface area is 134 Å². The van der Waals surface area contributed by atoms with Crippen LogP contribution < -0.4 is 4.74 Å². The maximum absolute atomic E-state index is 11.1. The predicted molar refractivity (Wildman–Crippen MR) is 87.9 cm³/mol. The Morgan fingerprint density at radius 1 is 1.10 bits per heavy atom. The lowest BCUT2D eigenvalue weighted by Gasteiger charge is -2.10. The fourth-order valence-electron chi connectivity index (χ4n) is 1.99. The normalized spacial score (nSPS) is 10.5. The highest BCUT2D eigenvalue weighted by atomic mass is 127. The van der Waals surface area contributed by atoms with Crippen LogP contribution in [-0.2, 0) is 0 Å². The minimum atomic E-state index is -0.976. The number of ether oxygens (including phenoxy) is 1. The molecule has 3 rings (SSSR count). The number of carboxylic acid groups (broad SMARTS) is 1. The summed E-state index contributed by atoms with van der Waals surface area (Å²) in [5, 5.41) is 9.96. The van der Waals surface area contributed by atoms with Crippen LogP contribution in [0.5, 0.6) is 11.5 Å². The summed E-state index contributed by atoms with van der Waals surface area (Å²) in [5.41, 5.74) is 1.03. The van der Waals surface area contributed by atoms with E-state index in [0.29, 0.717) is 11.5 Å². The summed E-state index contributed by atoms with van der Waals surface area (Å²) in [4.78, 5) is 15.3. The molecule has 21 heavy (non-hydrogen) atoms. The molecule has 0 aliphatic heterocycles. The summed E-state index contributed by atoms with van der Waals surface area (Å²) in [7, 11) is 0. The second-order valence-corrected chi connectivity index (χ2v) is 5.54. The van der Waals surface area contributed by atoms with Gasteiger partial charge in [-0.2, -0.15) is 0 Å². The summed E-state index contributed by atoms with van der Waals surface area (Å²) in [6.07, 6.45) is 1.67. The molecule has 1 heterocycles. The molecule has 0 unspecified atom stereocenters.